The van der Waals surface area contributed by atoms with Crippen LogP contribution in [0.25, 0.3) is 11.0 Å². The summed E-state index contributed by atoms with van der Waals surface area (Å²) >= 11 is 4.84. The van der Waals surface area contributed by atoms with Crippen LogP contribution in [0.15, 0.2) is 49.5 Å². The molecule has 2 N–H and O–H groups in total. The fourth-order valence-corrected chi connectivity index (χ4v) is 2.55. The molecule has 1 aromatic carbocycles. The maximum Gasteiger partial charge on any atom is 0.159 e. The Hall–Kier alpha value is -1.60. The van der Waals surface area contributed by atoms with Crippen molar-refractivity contribution in [1.29, 1.82) is 0 Å². The first-order chi connectivity index (χ1) is 8.74. The molecule has 0 unspecified atom stereocenters. The smallest absolute Gasteiger partial charge is 0.159 e. The maximum absolute atomic E-state index is 5.79. The number of nitrogens with two attached hydrogens (primary N) is 1. The number of hydrogen-bond donors (Lipinski definition) is 1. The molecule has 2 heterocycles. The predicted molar refractivity (Wildman–Crippen MR) is 72.3 cm³/mol. The lowest BCUT2D eigenvalue weighted by atomic mass is 10.3. The number of anilines is 1. The minimum Gasteiger partial charge on any atom is -0.397 e. The Morgan fingerprint density at radius 2 is 1.94 bits per heavy atom. The van der Waals surface area contributed by atoms with Crippen LogP contribution >= 0.6 is 27.7 Å². The van der Waals surface area contributed by atoms with Gasteiger partial charge in [0.05, 0.1) is 5.69 Å². The highest BCUT2D eigenvalue weighted by Crippen LogP contribution is 2.33. The molecule has 3 aromatic rings. The Morgan fingerprint density at radius 1 is 1.11 bits per heavy atom. The summed E-state index contributed by atoms with van der Waals surface area (Å²) in [7, 11) is 0. The number of aromatic nitrogens is 3. The van der Waals surface area contributed by atoms with Gasteiger partial charge in [0.1, 0.15) is 5.03 Å². The van der Waals surface area contributed by atoms with Crippen LogP contribution in [-0.2, 0) is 0 Å². The predicted octanol–water partition coefficient (Wildman–Crippen LogP) is 3.11. The molecule has 0 fully saturated rings. The van der Waals surface area contributed by atoms with Crippen molar-refractivity contribution >= 4 is 44.4 Å². The quantitative estimate of drug-likeness (QED) is 0.730. The Morgan fingerprint density at radius 3 is 2.72 bits per heavy atom. The van der Waals surface area contributed by atoms with Gasteiger partial charge >= 0.3 is 0 Å². The average molecular weight is 323 g/mol. The number of hydrogen-bond acceptors (Lipinski definition) is 6. The lowest BCUT2D eigenvalue weighted by Crippen LogP contribution is -1.88. The summed E-state index contributed by atoms with van der Waals surface area (Å²) in [6.07, 6.45) is 1.75. The molecule has 0 bridgehead atoms. The standard InChI is InChI=1S/C11H7BrN4OS/c12-6-1-4-9(14-5-6)18-8-3-2-7(13)10-11(8)16-17-15-10/h1-5H,13H2. The number of fused-ring (bicyclic) bond motifs is 1. The van der Waals surface area contributed by atoms with Crippen LogP contribution in [0.2, 0.25) is 0 Å². The molecule has 0 saturated heterocycles. The molecule has 0 spiro atoms. The van der Waals surface area contributed by atoms with Crippen molar-refractivity contribution < 1.29 is 4.63 Å². The minimum atomic E-state index is 0.555. The second-order valence-electron chi connectivity index (χ2n) is 3.53. The third-order valence-corrected chi connectivity index (χ3v) is 3.79. The third-order valence-electron chi connectivity index (χ3n) is 2.32. The van der Waals surface area contributed by atoms with E-state index in [-0.39, 0.29) is 0 Å². The number of benzene rings is 1. The second-order valence-corrected chi connectivity index (χ2v) is 5.51. The van der Waals surface area contributed by atoms with E-state index in [1.807, 2.05) is 18.2 Å². The molecule has 0 atom stereocenters. The molecule has 0 radical (unpaired) electrons. The summed E-state index contributed by atoms with van der Waals surface area (Å²) in [6.45, 7) is 0. The lowest BCUT2D eigenvalue weighted by molar-refractivity contribution is 0.315. The van der Waals surface area contributed by atoms with Crippen molar-refractivity contribution in [2.75, 3.05) is 5.73 Å². The highest BCUT2D eigenvalue weighted by atomic mass is 79.9. The van der Waals surface area contributed by atoms with Gasteiger partial charge in [-0.05, 0) is 50.5 Å². The van der Waals surface area contributed by atoms with Gasteiger partial charge in [0.2, 0.25) is 0 Å². The molecule has 3 rings (SSSR count). The fourth-order valence-electron chi connectivity index (χ4n) is 1.48. The highest BCUT2D eigenvalue weighted by molar-refractivity contribution is 9.10. The van der Waals surface area contributed by atoms with Crippen molar-refractivity contribution in [3.05, 3.63) is 34.9 Å². The molecule has 2 aromatic heterocycles. The van der Waals surface area contributed by atoms with E-state index >= 15 is 0 Å². The minimum absolute atomic E-state index is 0.555. The zero-order valence-electron chi connectivity index (χ0n) is 9.00. The molecule has 0 saturated carbocycles. The van der Waals surface area contributed by atoms with Crippen molar-refractivity contribution in [2.45, 2.75) is 9.92 Å². The van der Waals surface area contributed by atoms with Crippen LogP contribution in [0.1, 0.15) is 0 Å². The Balaban J connectivity index is 2.02. The van der Waals surface area contributed by atoms with Gasteiger partial charge in [-0.25, -0.2) is 9.61 Å². The van der Waals surface area contributed by atoms with Crippen LogP contribution in [0.5, 0.6) is 0 Å². The first-order valence-corrected chi connectivity index (χ1v) is 6.65. The average Bonchev–Trinajstić information content (AvgIpc) is 2.86. The first kappa shape index (κ1) is 11.5. The molecule has 7 heteroatoms. The van der Waals surface area contributed by atoms with Crippen LogP contribution in [0.4, 0.5) is 5.69 Å². The molecule has 18 heavy (non-hydrogen) atoms. The molecule has 0 aliphatic heterocycles. The van der Waals surface area contributed by atoms with Crippen LogP contribution < -0.4 is 5.73 Å². The fraction of sp³-hybridized carbons (Fsp3) is 0. The first-order valence-electron chi connectivity index (χ1n) is 5.04. The van der Waals surface area contributed by atoms with Gasteiger partial charge < -0.3 is 5.73 Å². The van der Waals surface area contributed by atoms with Crippen molar-refractivity contribution in [3.8, 4) is 0 Å². The normalized spacial score (nSPS) is 10.9. The van der Waals surface area contributed by atoms with E-state index in [1.54, 1.807) is 12.3 Å². The van der Waals surface area contributed by atoms with E-state index in [1.165, 1.54) is 11.8 Å². The van der Waals surface area contributed by atoms with Crippen LogP contribution in [0, 0.1) is 0 Å². The molecule has 0 amide bonds. The van der Waals surface area contributed by atoms with Crippen molar-refractivity contribution in [2.24, 2.45) is 0 Å². The number of nitrogens with zero attached hydrogens (tertiary/aromatic N) is 3. The summed E-state index contributed by atoms with van der Waals surface area (Å²) < 4.78 is 5.66. The monoisotopic (exact) mass is 322 g/mol. The Bertz CT molecular complexity index is 698. The lowest BCUT2D eigenvalue weighted by Gasteiger charge is -2.02. The largest absolute Gasteiger partial charge is 0.397 e. The van der Waals surface area contributed by atoms with Gasteiger partial charge in [-0.3, -0.25) is 0 Å². The van der Waals surface area contributed by atoms with E-state index in [4.69, 9.17) is 10.4 Å². The van der Waals surface area contributed by atoms with Gasteiger partial charge in [-0.15, -0.1) is 0 Å². The van der Waals surface area contributed by atoms with Crippen molar-refractivity contribution in [3.63, 3.8) is 0 Å². The van der Waals surface area contributed by atoms with Gasteiger partial charge in [0, 0.05) is 15.6 Å². The van der Waals surface area contributed by atoms with E-state index < -0.39 is 0 Å². The zero-order valence-corrected chi connectivity index (χ0v) is 11.4. The van der Waals surface area contributed by atoms with Crippen LogP contribution in [0.3, 0.4) is 0 Å². The van der Waals surface area contributed by atoms with E-state index in [0.29, 0.717) is 16.7 Å². The topological polar surface area (TPSA) is 77.8 Å². The molecule has 0 aliphatic rings. The number of rotatable bonds is 2. The third kappa shape index (κ3) is 2.06. The summed E-state index contributed by atoms with van der Waals surface area (Å²) in [5, 5.41) is 8.52. The summed E-state index contributed by atoms with van der Waals surface area (Å²) in [5.74, 6) is 0. The molecular formula is C11H7BrN4OS. The van der Waals surface area contributed by atoms with Crippen molar-refractivity contribution in [1.82, 2.24) is 15.3 Å². The molecular weight excluding hydrogens is 316 g/mol. The maximum atomic E-state index is 5.79. The summed E-state index contributed by atoms with van der Waals surface area (Å²) in [6, 6.07) is 7.53. The molecule has 5 nitrogen and oxygen atoms in total. The van der Waals surface area contributed by atoms with Gasteiger partial charge in [0.25, 0.3) is 0 Å². The van der Waals surface area contributed by atoms with Gasteiger partial charge in [-0.2, -0.15) is 0 Å². The SMILES string of the molecule is Nc1ccc(Sc2ccc(Br)cn2)c2nonc12. The summed E-state index contributed by atoms with van der Waals surface area (Å²) in [5.41, 5.74) is 7.58. The number of nitrogen functional groups attached to an aromatic ring is 1. The van der Waals surface area contributed by atoms with Gasteiger partial charge in [0.15, 0.2) is 11.0 Å². The molecule has 0 aliphatic carbocycles. The zero-order chi connectivity index (χ0) is 12.5. The highest BCUT2D eigenvalue weighted by Gasteiger charge is 2.11. The number of pyridine rings is 1. The molecule has 90 valence electrons. The Labute approximate surface area is 115 Å². The summed E-state index contributed by atoms with van der Waals surface area (Å²) in [4.78, 5) is 5.21. The number of halogens is 1. The van der Waals surface area contributed by atoms with Gasteiger partial charge in [-0.1, -0.05) is 11.8 Å². The van der Waals surface area contributed by atoms with E-state index in [0.717, 1.165) is 14.4 Å². The van der Waals surface area contributed by atoms with E-state index in [2.05, 4.69) is 31.2 Å². The van der Waals surface area contributed by atoms with E-state index in [9.17, 15) is 0 Å². The second kappa shape index (κ2) is 4.58. The Kier molecular flexibility index (Phi) is 2.92. The van der Waals surface area contributed by atoms with Crippen LogP contribution in [-0.4, -0.2) is 15.3 Å².